The van der Waals surface area contributed by atoms with E-state index in [1.54, 1.807) is 44.2 Å². The van der Waals surface area contributed by atoms with E-state index in [4.69, 9.17) is 9.84 Å². The second-order valence-corrected chi connectivity index (χ2v) is 8.21. The van der Waals surface area contributed by atoms with Crippen LogP contribution in [0.1, 0.15) is 18.1 Å². The number of aliphatic carboxylic acids is 1. The Labute approximate surface area is 157 Å². The number of hydrogen-bond donors (Lipinski definition) is 2. The van der Waals surface area contributed by atoms with Gasteiger partial charge in [-0.25, -0.2) is 13.2 Å². The van der Waals surface area contributed by atoms with Crippen LogP contribution in [-0.2, 0) is 25.8 Å². The monoisotopic (exact) mass is 391 g/mol. The van der Waals surface area contributed by atoms with Crippen LogP contribution in [0.4, 0.5) is 5.69 Å². The van der Waals surface area contributed by atoms with Crippen molar-refractivity contribution in [1.29, 1.82) is 0 Å². The van der Waals surface area contributed by atoms with Crippen LogP contribution >= 0.6 is 0 Å². The van der Waals surface area contributed by atoms with E-state index < -0.39 is 22.4 Å². The topological polar surface area (TPSA) is 110 Å². The van der Waals surface area contributed by atoms with Gasteiger partial charge in [-0.15, -0.1) is 0 Å². The van der Waals surface area contributed by atoms with E-state index in [1.165, 1.54) is 12.1 Å². The Morgan fingerprint density at radius 1 is 1.11 bits per heavy atom. The number of ether oxygens (including phenoxy) is 1. The van der Waals surface area contributed by atoms with Crippen molar-refractivity contribution >= 4 is 27.4 Å². The maximum atomic E-state index is 12.2. The third kappa shape index (κ3) is 5.82. The summed E-state index contributed by atoms with van der Waals surface area (Å²) in [5.74, 6) is -0.884. The molecule has 7 nitrogen and oxygen atoms in total. The van der Waals surface area contributed by atoms with Gasteiger partial charge >= 0.3 is 5.97 Å². The summed E-state index contributed by atoms with van der Waals surface area (Å²) in [7, 11) is -3.26. The zero-order valence-corrected chi connectivity index (χ0v) is 15.9. The zero-order chi connectivity index (χ0) is 20.0. The van der Waals surface area contributed by atoms with E-state index in [-0.39, 0.29) is 23.0 Å². The highest BCUT2D eigenvalue weighted by Gasteiger charge is 2.12. The van der Waals surface area contributed by atoms with Crippen molar-refractivity contribution in [3.63, 3.8) is 0 Å². The summed E-state index contributed by atoms with van der Waals surface area (Å²) in [6, 6.07) is 11.1. The van der Waals surface area contributed by atoms with Crippen molar-refractivity contribution in [2.24, 2.45) is 0 Å². The van der Waals surface area contributed by atoms with Crippen LogP contribution in [0.5, 0.6) is 5.75 Å². The number of carbonyl (C=O) groups is 2. The lowest BCUT2D eigenvalue weighted by atomic mass is 10.1. The smallest absolute Gasteiger partial charge is 0.341 e. The molecule has 2 rings (SSSR count). The maximum absolute atomic E-state index is 12.2. The van der Waals surface area contributed by atoms with E-state index in [9.17, 15) is 18.0 Å². The fraction of sp³-hybridized carbons (Fsp3) is 0.263. The summed E-state index contributed by atoms with van der Waals surface area (Å²) in [5.41, 5.74) is 2.02. The third-order valence-electron chi connectivity index (χ3n) is 3.86. The maximum Gasteiger partial charge on any atom is 0.341 e. The van der Waals surface area contributed by atoms with Crippen LogP contribution in [-0.4, -0.2) is 37.8 Å². The Kier molecular flexibility index (Phi) is 6.57. The molecule has 2 aromatic rings. The molecule has 0 radical (unpaired) electrons. The second-order valence-electron chi connectivity index (χ2n) is 5.93. The molecule has 1 amide bonds. The first-order chi connectivity index (χ1) is 12.7. The molecule has 0 aromatic heterocycles. The number of anilines is 1. The first-order valence-corrected chi connectivity index (χ1v) is 9.93. The molecule has 0 heterocycles. The average Bonchev–Trinajstić information content (AvgIpc) is 2.62. The lowest BCUT2D eigenvalue weighted by Crippen LogP contribution is -2.15. The van der Waals surface area contributed by atoms with Crippen molar-refractivity contribution in [3.05, 3.63) is 53.6 Å². The lowest BCUT2D eigenvalue weighted by molar-refractivity contribution is -0.139. The van der Waals surface area contributed by atoms with Gasteiger partial charge in [0.05, 0.1) is 17.1 Å². The molecule has 0 bridgehead atoms. The van der Waals surface area contributed by atoms with Crippen LogP contribution in [0, 0.1) is 6.92 Å². The molecular formula is C19H21NO6S. The van der Waals surface area contributed by atoms with Gasteiger partial charge in [0.1, 0.15) is 5.75 Å². The number of carboxylic acids is 1. The van der Waals surface area contributed by atoms with Crippen LogP contribution in [0.2, 0.25) is 0 Å². The molecule has 0 saturated carbocycles. The molecule has 144 valence electrons. The fourth-order valence-corrected chi connectivity index (χ4v) is 3.26. The lowest BCUT2D eigenvalue weighted by Gasteiger charge is -2.11. The molecule has 0 spiro atoms. The number of carboxylic acid groups (broad SMARTS) is 1. The predicted octanol–water partition coefficient (Wildman–Crippen LogP) is 2.43. The van der Waals surface area contributed by atoms with Gasteiger partial charge in [0, 0.05) is 5.69 Å². The van der Waals surface area contributed by atoms with Crippen molar-refractivity contribution in [2.45, 2.75) is 25.2 Å². The second kappa shape index (κ2) is 8.68. The highest BCUT2D eigenvalue weighted by atomic mass is 32.2. The molecule has 0 saturated heterocycles. The molecule has 8 heteroatoms. The Morgan fingerprint density at radius 3 is 2.33 bits per heavy atom. The van der Waals surface area contributed by atoms with Crippen LogP contribution in [0.3, 0.4) is 0 Å². The first kappa shape index (κ1) is 20.4. The molecule has 0 aliphatic heterocycles. The minimum atomic E-state index is -3.26. The average molecular weight is 391 g/mol. The Balaban J connectivity index is 2.00. The Bertz CT molecular complexity index is 935. The van der Waals surface area contributed by atoms with Gasteiger partial charge in [-0.05, 0) is 48.4 Å². The summed E-state index contributed by atoms with van der Waals surface area (Å²) in [6.45, 7) is 2.92. The minimum absolute atomic E-state index is 0.0261. The van der Waals surface area contributed by atoms with E-state index in [0.29, 0.717) is 17.0 Å². The normalized spacial score (nSPS) is 11.0. The van der Waals surface area contributed by atoms with Crippen molar-refractivity contribution in [2.75, 3.05) is 17.7 Å². The van der Waals surface area contributed by atoms with Crippen LogP contribution in [0.15, 0.2) is 47.4 Å². The standard InChI is InChI=1S/C19H21NO6S/c1-3-27(24,25)16-7-4-14(5-8-16)11-18(21)20-17-9-6-15(10-13(17)2)26-12-19(22)23/h4-10H,3,11-12H2,1-2H3,(H,20,21)(H,22,23). The van der Waals surface area contributed by atoms with Crippen LogP contribution in [0.25, 0.3) is 0 Å². The molecule has 0 fully saturated rings. The number of benzene rings is 2. The number of hydrogen-bond acceptors (Lipinski definition) is 5. The van der Waals surface area contributed by atoms with Gasteiger partial charge in [-0.3, -0.25) is 4.79 Å². The number of carbonyl (C=O) groups excluding carboxylic acids is 1. The predicted molar refractivity (Wildman–Crippen MR) is 101 cm³/mol. The highest BCUT2D eigenvalue weighted by molar-refractivity contribution is 7.91. The number of sulfone groups is 1. The van der Waals surface area contributed by atoms with Gasteiger partial charge in [0.25, 0.3) is 0 Å². The molecule has 2 N–H and O–H groups in total. The molecule has 27 heavy (non-hydrogen) atoms. The van der Waals surface area contributed by atoms with Gasteiger partial charge in [0.2, 0.25) is 5.91 Å². The molecule has 0 aliphatic carbocycles. The van der Waals surface area contributed by atoms with Gasteiger partial charge in [-0.2, -0.15) is 0 Å². The molecule has 0 aliphatic rings. The number of rotatable bonds is 8. The number of amides is 1. The van der Waals surface area contributed by atoms with Crippen LogP contribution < -0.4 is 10.1 Å². The molecular weight excluding hydrogens is 370 g/mol. The third-order valence-corrected chi connectivity index (χ3v) is 5.61. The summed E-state index contributed by atoms with van der Waals surface area (Å²) >= 11 is 0. The quantitative estimate of drug-likeness (QED) is 0.715. The van der Waals surface area contributed by atoms with E-state index in [2.05, 4.69) is 5.32 Å². The molecule has 2 aromatic carbocycles. The van der Waals surface area contributed by atoms with Crippen molar-refractivity contribution in [3.8, 4) is 5.75 Å². The van der Waals surface area contributed by atoms with Gasteiger partial charge in [0.15, 0.2) is 16.4 Å². The van der Waals surface area contributed by atoms with Gasteiger partial charge < -0.3 is 15.2 Å². The zero-order valence-electron chi connectivity index (χ0n) is 15.1. The number of nitrogens with one attached hydrogen (secondary N) is 1. The van der Waals surface area contributed by atoms with E-state index >= 15 is 0 Å². The summed E-state index contributed by atoms with van der Waals surface area (Å²) in [5, 5.41) is 11.4. The Hall–Kier alpha value is -2.87. The highest BCUT2D eigenvalue weighted by Crippen LogP contribution is 2.22. The Morgan fingerprint density at radius 2 is 1.78 bits per heavy atom. The largest absolute Gasteiger partial charge is 0.482 e. The minimum Gasteiger partial charge on any atom is -0.482 e. The SMILES string of the molecule is CCS(=O)(=O)c1ccc(CC(=O)Nc2ccc(OCC(=O)O)cc2C)cc1. The van der Waals surface area contributed by atoms with E-state index in [1.807, 2.05) is 0 Å². The fourth-order valence-electron chi connectivity index (χ4n) is 2.37. The van der Waals surface area contributed by atoms with Gasteiger partial charge in [-0.1, -0.05) is 19.1 Å². The summed E-state index contributed by atoms with van der Waals surface area (Å²) < 4.78 is 28.7. The summed E-state index contributed by atoms with van der Waals surface area (Å²) in [4.78, 5) is 23.0. The summed E-state index contributed by atoms with van der Waals surface area (Å²) in [6.07, 6.45) is 0.100. The molecule has 0 atom stereocenters. The van der Waals surface area contributed by atoms with Crippen molar-refractivity contribution in [1.82, 2.24) is 0 Å². The van der Waals surface area contributed by atoms with E-state index in [0.717, 1.165) is 5.56 Å². The first-order valence-electron chi connectivity index (χ1n) is 8.28. The molecule has 0 unspecified atom stereocenters. The van der Waals surface area contributed by atoms with Crippen molar-refractivity contribution < 1.29 is 27.9 Å². The number of aryl methyl sites for hydroxylation is 1.